The lowest BCUT2D eigenvalue weighted by Gasteiger charge is -2.31. The van der Waals surface area contributed by atoms with E-state index in [1.807, 2.05) is 65.6 Å². The van der Waals surface area contributed by atoms with Crippen LogP contribution in [0.4, 0.5) is 17.1 Å². The van der Waals surface area contributed by atoms with Crippen molar-refractivity contribution >= 4 is 52.4 Å². The minimum Gasteiger partial charge on any atom is -0.326 e. The summed E-state index contributed by atoms with van der Waals surface area (Å²) in [6.07, 6.45) is 1.98. The van der Waals surface area contributed by atoms with Gasteiger partial charge >= 0.3 is 0 Å². The molecule has 1 aliphatic heterocycles. The van der Waals surface area contributed by atoms with Gasteiger partial charge in [-0.1, -0.05) is 36.0 Å². The van der Waals surface area contributed by atoms with Gasteiger partial charge < -0.3 is 5.32 Å². The second kappa shape index (κ2) is 8.20. The highest BCUT2D eigenvalue weighted by Crippen LogP contribution is 2.48. The van der Waals surface area contributed by atoms with Crippen LogP contribution in [0, 0.1) is 5.92 Å². The van der Waals surface area contributed by atoms with Gasteiger partial charge in [-0.2, -0.15) is 0 Å². The molecule has 0 bridgehead atoms. The molecule has 1 fully saturated rings. The molecule has 150 valence electrons. The predicted octanol–water partition coefficient (Wildman–Crippen LogP) is 5.96. The van der Waals surface area contributed by atoms with Crippen LogP contribution in [-0.2, 0) is 9.59 Å². The standard InChI is InChI=1S/C24H20N2O2S2/c27-23(15-29-18-13-11-17(12-14-18)25-24(28)16-9-10-16)26-19-5-1-3-7-21(19)30-22-8-4-2-6-20(22)26/h1-8,11-14,16H,9-10,15H2,(H,25,28). The molecule has 2 aliphatic rings. The van der Waals surface area contributed by atoms with Crippen LogP contribution in [0.3, 0.4) is 0 Å². The third kappa shape index (κ3) is 3.98. The largest absolute Gasteiger partial charge is 0.326 e. The van der Waals surface area contributed by atoms with E-state index in [0.717, 1.165) is 44.6 Å². The van der Waals surface area contributed by atoms with Crippen molar-refractivity contribution in [1.82, 2.24) is 0 Å². The molecular formula is C24H20N2O2S2. The smallest absolute Gasteiger partial charge is 0.241 e. The molecule has 0 radical (unpaired) electrons. The summed E-state index contributed by atoms with van der Waals surface area (Å²) in [4.78, 5) is 30.1. The molecule has 0 aromatic heterocycles. The summed E-state index contributed by atoms with van der Waals surface area (Å²) in [6.45, 7) is 0. The third-order valence-corrected chi connectivity index (χ3v) is 7.24. The van der Waals surface area contributed by atoms with E-state index in [4.69, 9.17) is 0 Å². The minimum absolute atomic E-state index is 0.0475. The van der Waals surface area contributed by atoms with Gasteiger partial charge in [-0.3, -0.25) is 14.5 Å². The van der Waals surface area contributed by atoms with Gasteiger partial charge in [0, 0.05) is 26.3 Å². The van der Waals surface area contributed by atoms with Gasteiger partial charge in [0.15, 0.2) is 0 Å². The molecule has 1 N–H and O–H groups in total. The maximum atomic E-state index is 13.2. The molecule has 0 spiro atoms. The molecule has 3 aromatic rings. The Morgan fingerprint density at radius 1 is 0.900 bits per heavy atom. The lowest BCUT2D eigenvalue weighted by atomic mass is 10.2. The van der Waals surface area contributed by atoms with E-state index < -0.39 is 0 Å². The van der Waals surface area contributed by atoms with E-state index in [-0.39, 0.29) is 17.7 Å². The van der Waals surface area contributed by atoms with E-state index in [0.29, 0.717) is 5.75 Å². The summed E-state index contributed by atoms with van der Waals surface area (Å²) in [5.41, 5.74) is 2.67. The monoisotopic (exact) mass is 432 g/mol. The van der Waals surface area contributed by atoms with E-state index in [9.17, 15) is 9.59 Å². The average Bonchev–Trinajstić information content (AvgIpc) is 3.62. The Bertz CT molecular complexity index is 1060. The van der Waals surface area contributed by atoms with Crippen LogP contribution in [0.1, 0.15) is 12.8 Å². The Morgan fingerprint density at radius 2 is 1.50 bits per heavy atom. The number of nitrogens with zero attached hydrogens (tertiary/aromatic N) is 1. The van der Waals surface area contributed by atoms with Crippen molar-refractivity contribution in [1.29, 1.82) is 0 Å². The Labute approximate surface area is 184 Å². The molecule has 2 amide bonds. The Hall–Kier alpha value is -2.70. The van der Waals surface area contributed by atoms with E-state index >= 15 is 0 Å². The first-order chi connectivity index (χ1) is 14.7. The first-order valence-corrected chi connectivity index (χ1v) is 11.7. The van der Waals surface area contributed by atoms with Gasteiger partial charge in [-0.25, -0.2) is 0 Å². The molecule has 3 aromatic carbocycles. The fourth-order valence-electron chi connectivity index (χ4n) is 3.41. The predicted molar refractivity (Wildman–Crippen MR) is 123 cm³/mol. The van der Waals surface area contributed by atoms with Crippen LogP contribution in [0.15, 0.2) is 87.5 Å². The maximum absolute atomic E-state index is 13.2. The molecular weight excluding hydrogens is 412 g/mol. The number of hydrogen-bond donors (Lipinski definition) is 1. The molecule has 1 saturated carbocycles. The number of amides is 2. The molecule has 0 atom stereocenters. The van der Waals surface area contributed by atoms with Crippen LogP contribution >= 0.6 is 23.5 Å². The molecule has 1 heterocycles. The topological polar surface area (TPSA) is 49.4 Å². The zero-order valence-electron chi connectivity index (χ0n) is 16.2. The molecule has 4 nitrogen and oxygen atoms in total. The van der Waals surface area contributed by atoms with E-state index in [1.54, 1.807) is 11.8 Å². The van der Waals surface area contributed by atoms with Crippen LogP contribution in [0.2, 0.25) is 0 Å². The molecule has 30 heavy (non-hydrogen) atoms. The summed E-state index contributed by atoms with van der Waals surface area (Å²) < 4.78 is 0. The van der Waals surface area contributed by atoms with Crippen LogP contribution in [-0.4, -0.2) is 17.6 Å². The highest BCUT2D eigenvalue weighted by Gasteiger charge is 2.30. The number of fused-ring (bicyclic) bond motifs is 2. The zero-order chi connectivity index (χ0) is 20.5. The fraction of sp³-hybridized carbons (Fsp3) is 0.167. The molecule has 5 rings (SSSR count). The van der Waals surface area contributed by atoms with Crippen molar-refractivity contribution in [3.63, 3.8) is 0 Å². The molecule has 0 unspecified atom stereocenters. The summed E-state index contributed by atoms with van der Waals surface area (Å²) in [6, 6.07) is 23.7. The zero-order valence-corrected chi connectivity index (χ0v) is 17.8. The van der Waals surface area contributed by atoms with Crippen molar-refractivity contribution < 1.29 is 9.59 Å². The van der Waals surface area contributed by atoms with E-state index in [2.05, 4.69) is 17.4 Å². The van der Waals surface area contributed by atoms with Gasteiger partial charge in [0.25, 0.3) is 0 Å². The second-order valence-electron chi connectivity index (χ2n) is 7.34. The number of anilines is 3. The number of nitrogens with one attached hydrogen (secondary N) is 1. The SMILES string of the molecule is O=C(Nc1ccc(SCC(=O)N2c3ccccc3Sc3ccccc32)cc1)C1CC1. The summed E-state index contributed by atoms with van der Waals surface area (Å²) in [5, 5.41) is 2.94. The van der Waals surface area contributed by atoms with Gasteiger partial charge in [0.2, 0.25) is 11.8 Å². The van der Waals surface area contributed by atoms with Crippen molar-refractivity contribution in [2.45, 2.75) is 27.5 Å². The summed E-state index contributed by atoms with van der Waals surface area (Å²) >= 11 is 3.20. The number of benzene rings is 3. The highest BCUT2D eigenvalue weighted by atomic mass is 32.2. The number of hydrogen-bond acceptors (Lipinski definition) is 4. The number of rotatable bonds is 5. The van der Waals surface area contributed by atoms with Crippen molar-refractivity contribution in [2.75, 3.05) is 16.0 Å². The maximum Gasteiger partial charge on any atom is 0.241 e. The summed E-state index contributed by atoms with van der Waals surface area (Å²) in [5.74, 6) is 0.670. The number of carbonyl (C=O) groups excluding carboxylic acids is 2. The fourth-order valence-corrected chi connectivity index (χ4v) is 5.21. The first-order valence-electron chi connectivity index (χ1n) is 9.91. The van der Waals surface area contributed by atoms with Gasteiger partial charge in [0.05, 0.1) is 17.1 Å². The van der Waals surface area contributed by atoms with Crippen LogP contribution < -0.4 is 10.2 Å². The third-order valence-electron chi connectivity index (χ3n) is 5.11. The van der Waals surface area contributed by atoms with Crippen molar-refractivity contribution in [2.24, 2.45) is 5.92 Å². The van der Waals surface area contributed by atoms with Gasteiger partial charge in [-0.05, 0) is 61.4 Å². The molecule has 0 saturated heterocycles. The first kappa shape index (κ1) is 19.3. The van der Waals surface area contributed by atoms with Crippen molar-refractivity contribution in [3.8, 4) is 0 Å². The molecule has 1 aliphatic carbocycles. The molecule has 6 heteroatoms. The van der Waals surface area contributed by atoms with Crippen molar-refractivity contribution in [3.05, 3.63) is 72.8 Å². The Balaban J connectivity index is 1.29. The van der Waals surface area contributed by atoms with Gasteiger partial charge in [0.1, 0.15) is 0 Å². The van der Waals surface area contributed by atoms with Crippen LogP contribution in [0.25, 0.3) is 0 Å². The normalized spacial score (nSPS) is 14.6. The lowest BCUT2D eigenvalue weighted by molar-refractivity contribution is -0.117. The number of thioether (sulfide) groups is 1. The Morgan fingerprint density at radius 3 is 2.10 bits per heavy atom. The number of carbonyl (C=O) groups is 2. The lowest BCUT2D eigenvalue weighted by Crippen LogP contribution is -2.29. The average molecular weight is 433 g/mol. The minimum atomic E-state index is 0.0475. The second-order valence-corrected chi connectivity index (χ2v) is 9.48. The van der Waals surface area contributed by atoms with Crippen LogP contribution in [0.5, 0.6) is 0 Å². The quantitative estimate of drug-likeness (QED) is 0.506. The van der Waals surface area contributed by atoms with Gasteiger partial charge in [-0.15, -0.1) is 11.8 Å². The summed E-state index contributed by atoms with van der Waals surface area (Å²) in [7, 11) is 0. The number of para-hydroxylation sites is 2. The van der Waals surface area contributed by atoms with E-state index in [1.165, 1.54) is 11.8 Å². The highest BCUT2D eigenvalue weighted by molar-refractivity contribution is 8.00. The Kier molecular flexibility index (Phi) is 5.27.